The highest BCUT2D eigenvalue weighted by Gasteiger charge is 2.44. The molecule has 5 heteroatoms. The van der Waals surface area contributed by atoms with Crippen LogP contribution in [0.5, 0.6) is 0 Å². The Hall–Kier alpha value is -2.30. The average Bonchev–Trinajstić information content (AvgIpc) is 2.87. The number of carbonyl (C=O) groups is 2. The van der Waals surface area contributed by atoms with Crippen LogP contribution in [-0.4, -0.2) is 23.4 Å². The predicted octanol–water partition coefficient (Wildman–Crippen LogP) is 2.92. The second-order valence-corrected chi connectivity index (χ2v) is 6.14. The molecule has 0 saturated carbocycles. The largest absolute Gasteiger partial charge is 0.330 e. The van der Waals surface area contributed by atoms with Crippen molar-refractivity contribution in [1.82, 2.24) is 15.5 Å². The molecule has 0 aliphatic carbocycles. The van der Waals surface area contributed by atoms with Gasteiger partial charge in [-0.1, -0.05) is 56.5 Å². The molecule has 1 aromatic rings. The highest BCUT2D eigenvalue weighted by molar-refractivity contribution is 5.91. The van der Waals surface area contributed by atoms with Gasteiger partial charge in [-0.15, -0.1) is 0 Å². The second-order valence-electron chi connectivity index (χ2n) is 6.14. The highest BCUT2D eigenvalue weighted by atomic mass is 16.2. The monoisotopic (exact) mass is 313 g/mol. The third-order valence-electron chi connectivity index (χ3n) is 4.47. The lowest BCUT2D eigenvalue weighted by molar-refractivity contribution is -0.131. The van der Waals surface area contributed by atoms with Crippen molar-refractivity contribution in [2.45, 2.75) is 38.6 Å². The van der Waals surface area contributed by atoms with Gasteiger partial charge in [-0.05, 0) is 12.0 Å². The summed E-state index contributed by atoms with van der Waals surface area (Å²) in [7, 11) is 0. The Morgan fingerprint density at radius 3 is 2.61 bits per heavy atom. The van der Waals surface area contributed by atoms with Gasteiger partial charge in [-0.3, -0.25) is 4.79 Å². The van der Waals surface area contributed by atoms with Crippen molar-refractivity contribution in [3.63, 3.8) is 0 Å². The third-order valence-corrected chi connectivity index (χ3v) is 4.47. The van der Waals surface area contributed by atoms with E-state index in [0.717, 1.165) is 24.9 Å². The van der Waals surface area contributed by atoms with E-state index < -0.39 is 0 Å². The minimum Gasteiger partial charge on any atom is -0.330 e. The van der Waals surface area contributed by atoms with E-state index in [9.17, 15) is 9.59 Å². The maximum Gasteiger partial charge on any atom is 0.319 e. The summed E-state index contributed by atoms with van der Waals surface area (Å²) in [6.07, 6.45) is 6.29. The summed E-state index contributed by atoms with van der Waals surface area (Å²) in [5, 5.41) is 5.68. The predicted molar refractivity (Wildman–Crippen MR) is 88.3 cm³/mol. The van der Waals surface area contributed by atoms with Crippen molar-refractivity contribution in [3.05, 3.63) is 47.8 Å². The zero-order chi connectivity index (χ0) is 16.2. The van der Waals surface area contributed by atoms with Crippen LogP contribution in [0.2, 0.25) is 0 Å². The van der Waals surface area contributed by atoms with Gasteiger partial charge in [-0.2, -0.15) is 0 Å². The molecule has 1 fully saturated rings. The standard InChI is InChI=1S/C18H23N3O2/c1-2-3-4-8-11-21-12-14-15(17(21)22)16(20-18(23)19-14)13-9-6-5-7-10-13/h5-7,9-10,12,15-16H,2-4,8,11H2,1H3,(H2,19,20,23)/t15-,16+/m1/s1. The summed E-state index contributed by atoms with van der Waals surface area (Å²) in [6.45, 7) is 2.89. The summed E-state index contributed by atoms with van der Waals surface area (Å²) in [5.74, 6) is -0.279. The number of hydrogen-bond acceptors (Lipinski definition) is 2. The lowest BCUT2D eigenvalue weighted by Gasteiger charge is -2.31. The van der Waals surface area contributed by atoms with Gasteiger partial charge in [0.25, 0.3) is 0 Å². The number of hydrogen-bond donors (Lipinski definition) is 2. The van der Waals surface area contributed by atoms with Crippen LogP contribution in [0.15, 0.2) is 42.2 Å². The van der Waals surface area contributed by atoms with Crippen LogP contribution in [-0.2, 0) is 4.79 Å². The fourth-order valence-corrected chi connectivity index (χ4v) is 3.27. The van der Waals surface area contributed by atoms with E-state index in [1.165, 1.54) is 12.8 Å². The first-order chi connectivity index (χ1) is 11.2. The summed E-state index contributed by atoms with van der Waals surface area (Å²) < 4.78 is 0. The van der Waals surface area contributed by atoms with Crippen LogP contribution >= 0.6 is 0 Å². The second kappa shape index (κ2) is 6.86. The Bertz CT molecular complexity index is 612. The molecule has 3 rings (SSSR count). The number of rotatable bonds is 6. The smallest absolute Gasteiger partial charge is 0.319 e. The molecule has 1 aromatic carbocycles. The normalized spacial score (nSPS) is 23.2. The molecule has 3 amide bonds. The van der Waals surface area contributed by atoms with E-state index in [-0.39, 0.29) is 23.9 Å². The molecule has 0 bridgehead atoms. The van der Waals surface area contributed by atoms with Crippen molar-refractivity contribution in [2.75, 3.05) is 6.54 Å². The fraction of sp³-hybridized carbons (Fsp3) is 0.444. The molecular formula is C18H23N3O2. The molecule has 2 atom stereocenters. The summed E-state index contributed by atoms with van der Waals surface area (Å²) in [5.41, 5.74) is 1.67. The average molecular weight is 313 g/mol. The molecule has 0 unspecified atom stereocenters. The van der Waals surface area contributed by atoms with E-state index in [1.807, 2.05) is 36.5 Å². The Balaban J connectivity index is 1.76. The molecule has 2 heterocycles. The number of benzene rings is 1. The number of carbonyl (C=O) groups excluding carboxylic acids is 2. The number of nitrogens with zero attached hydrogens (tertiary/aromatic N) is 1. The summed E-state index contributed by atoms with van der Waals surface area (Å²) >= 11 is 0. The van der Waals surface area contributed by atoms with Crippen LogP contribution in [0.4, 0.5) is 4.79 Å². The quantitative estimate of drug-likeness (QED) is 0.793. The zero-order valence-electron chi connectivity index (χ0n) is 13.4. The zero-order valence-corrected chi connectivity index (χ0v) is 13.4. The van der Waals surface area contributed by atoms with Gasteiger partial charge in [0.05, 0.1) is 11.7 Å². The Morgan fingerprint density at radius 1 is 1.09 bits per heavy atom. The van der Waals surface area contributed by atoms with Crippen molar-refractivity contribution in [2.24, 2.45) is 5.92 Å². The molecule has 0 radical (unpaired) electrons. The first kappa shape index (κ1) is 15.6. The van der Waals surface area contributed by atoms with Gasteiger partial charge in [0, 0.05) is 12.7 Å². The van der Waals surface area contributed by atoms with Crippen LogP contribution in [0.3, 0.4) is 0 Å². The maximum absolute atomic E-state index is 12.8. The lowest BCUT2D eigenvalue weighted by Crippen LogP contribution is -2.50. The van der Waals surface area contributed by atoms with Crippen LogP contribution in [0.25, 0.3) is 0 Å². The van der Waals surface area contributed by atoms with Gasteiger partial charge in [0.2, 0.25) is 5.91 Å². The van der Waals surface area contributed by atoms with Gasteiger partial charge in [0.1, 0.15) is 5.92 Å². The van der Waals surface area contributed by atoms with Crippen molar-refractivity contribution >= 4 is 11.9 Å². The maximum atomic E-state index is 12.8. The molecule has 0 aromatic heterocycles. The van der Waals surface area contributed by atoms with E-state index in [0.29, 0.717) is 5.70 Å². The van der Waals surface area contributed by atoms with Crippen LogP contribution < -0.4 is 10.6 Å². The van der Waals surface area contributed by atoms with Gasteiger partial charge < -0.3 is 15.5 Å². The molecule has 2 N–H and O–H groups in total. The topological polar surface area (TPSA) is 61.4 Å². The molecule has 0 spiro atoms. The lowest BCUT2D eigenvalue weighted by atomic mass is 9.89. The molecule has 2 aliphatic rings. The molecule has 1 saturated heterocycles. The number of amides is 3. The number of urea groups is 1. The molecule has 23 heavy (non-hydrogen) atoms. The van der Waals surface area contributed by atoms with E-state index in [4.69, 9.17) is 0 Å². The number of nitrogens with one attached hydrogen (secondary N) is 2. The SMILES string of the molecule is CCCCCCN1C=C2NC(=O)N[C@@H](c3ccccc3)[C@@H]2C1=O. The Kier molecular flexibility index (Phi) is 4.65. The highest BCUT2D eigenvalue weighted by Crippen LogP contribution is 2.35. The Morgan fingerprint density at radius 2 is 1.87 bits per heavy atom. The molecular weight excluding hydrogens is 290 g/mol. The van der Waals surface area contributed by atoms with Gasteiger partial charge in [0.15, 0.2) is 0 Å². The molecule has 2 aliphatic heterocycles. The first-order valence-electron chi connectivity index (χ1n) is 8.35. The van der Waals surface area contributed by atoms with Crippen molar-refractivity contribution < 1.29 is 9.59 Å². The number of unbranched alkanes of at least 4 members (excludes halogenated alkanes) is 3. The number of fused-ring (bicyclic) bond motifs is 1. The van der Waals surface area contributed by atoms with E-state index >= 15 is 0 Å². The van der Waals surface area contributed by atoms with E-state index in [1.54, 1.807) is 4.90 Å². The summed E-state index contributed by atoms with van der Waals surface area (Å²) in [4.78, 5) is 26.4. The Labute approximate surface area is 136 Å². The van der Waals surface area contributed by atoms with Crippen molar-refractivity contribution in [3.8, 4) is 0 Å². The minimum absolute atomic E-state index is 0.0675. The minimum atomic E-state index is -0.346. The third kappa shape index (κ3) is 3.23. The van der Waals surface area contributed by atoms with Crippen LogP contribution in [0.1, 0.15) is 44.2 Å². The molecule has 122 valence electrons. The fourth-order valence-electron chi connectivity index (χ4n) is 3.27. The first-order valence-corrected chi connectivity index (χ1v) is 8.35. The van der Waals surface area contributed by atoms with E-state index in [2.05, 4.69) is 17.6 Å². The van der Waals surface area contributed by atoms with Gasteiger partial charge >= 0.3 is 6.03 Å². The molecule has 5 nitrogen and oxygen atoms in total. The van der Waals surface area contributed by atoms with Gasteiger partial charge in [-0.25, -0.2) is 4.79 Å². The van der Waals surface area contributed by atoms with Crippen LogP contribution in [0, 0.1) is 5.92 Å². The summed E-state index contributed by atoms with van der Waals surface area (Å²) in [6, 6.07) is 9.13. The van der Waals surface area contributed by atoms with Crippen molar-refractivity contribution in [1.29, 1.82) is 0 Å².